The van der Waals surface area contributed by atoms with Crippen molar-refractivity contribution in [1.29, 1.82) is 0 Å². The van der Waals surface area contributed by atoms with E-state index in [4.69, 9.17) is 4.74 Å². The number of hydrogen-bond donors (Lipinski definition) is 2. The van der Waals surface area contributed by atoms with Crippen LogP contribution in [0.1, 0.15) is 13.3 Å². The summed E-state index contributed by atoms with van der Waals surface area (Å²) < 4.78 is 5.25. The number of amides is 1. The highest BCUT2D eigenvalue weighted by Crippen LogP contribution is 1.77. The molecule has 1 rings (SSSR count). The highest BCUT2D eigenvalue weighted by molar-refractivity contribution is 5.72. The first-order valence-corrected chi connectivity index (χ1v) is 4.95. The summed E-state index contributed by atoms with van der Waals surface area (Å²) in [6, 6.07) is 0. The molecule has 0 aliphatic carbocycles. The number of nitrogens with one attached hydrogen (secondary N) is 2. The lowest BCUT2D eigenvalue weighted by Crippen LogP contribution is -3.14. The van der Waals surface area contributed by atoms with Crippen molar-refractivity contribution in [3.63, 3.8) is 0 Å². The molecule has 1 heterocycles. The molecule has 76 valence electrons. The van der Waals surface area contributed by atoms with Crippen molar-refractivity contribution in [3.05, 3.63) is 0 Å². The van der Waals surface area contributed by atoms with Crippen molar-refractivity contribution in [3.8, 4) is 0 Å². The van der Waals surface area contributed by atoms with Crippen LogP contribution in [0.25, 0.3) is 0 Å². The van der Waals surface area contributed by atoms with E-state index in [-0.39, 0.29) is 5.91 Å². The Morgan fingerprint density at radius 1 is 1.46 bits per heavy atom. The van der Waals surface area contributed by atoms with E-state index in [1.165, 1.54) is 0 Å². The third-order valence-corrected chi connectivity index (χ3v) is 2.28. The zero-order valence-corrected chi connectivity index (χ0v) is 8.27. The van der Waals surface area contributed by atoms with Crippen molar-refractivity contribution in [2.75, 3.05) is 39.4 Å². The van der Waals surface area contributed by atoms with Gasteiger partial charge in [-0.3, -0.25) is 4.79 Å². The molecule has 0 saturated carbocycles. The van der Waals surface area contributed by atoms with Gasteiger partial charge >= 0.3 is 0 Å². The van der Waals surface area contributed by atoms with Crippen molar-refractivity contribution in [2.24, 2.45) is 0 Å². The maximum Gasteiger partial charge on any atom is 0.216 e. The summed E-state index contributed by atoms with van der Waals surface area (Å²) in [6.45, 7) is 7.50. The van der Waals surface area contributed by atoms with Gasteiger partial charge in [-0.2, -0.15) is 0 Å². The average molecular weight is 187 g/mol. The highest BCUT2D eigenvalue weighted by Gasteiger charge is 2.12. The molecule has 1 saturated heterocycles. The summed E-state index contributed by atoms with van der Waals surface area (Å²) in [5, 5.41) is 2.80. The molecule has 1 amide bonds. The first kappa shape index (κ1) is 10.5. The van der Waals surface area contributed by atoms with Crippen LogP contribution in [0, 0.1) is 0 Å². The van der Waals surface area contributed by atoms with Gasteiger partial charge < -0.3 is 15.0 Å². The van der Waals surface area contributed by atoms with E-state index in [1.807, 2.05) is 0 Å². The predicted octanol–water partition coefficient (Wildman–Crippen LogP) is -1.57. The minimum Gasteiger partial charge on any atom is -0.370 e. The maximum absolute atomic E-state index is 10.6. The van der Waals surface area contributed by atoms with Gasteiger partial charge in [0.15, 0.2) is 0 Å². The summed E-state index contributed by atoms with van der Waals surface area (Å²) in [5.74, 6) is 0.0666. The average Bonchev–Trinajstić information content (AvgIpc) is 2.14. The fourth-order valence-electron chi connectivity index (χ4n) is 1.51. The van der Waals surface area contributed by atoms with Gasteiger partial charge in [0, 0.05) is 19.9 Å². The van der Waals surface area contributed by atoms with E-state index in [1.54, 1.807) is 11.8 Å². The molecule has 4 heteroatoms. The van der Waals surface area contributed by atoms with Gasteiger partial charge in [-0.1, -0.05) is 0 Å². The third-order valence-electron chi connectivity index (χ3n) is 2.28. The standard InChI is InChI=1S/C9H18N2O2/c1-9(12)10-3-2-4-11-5-7-13-8-6-11/h2-8H2,1H3,(H,10,12)/p+1. The second-order valence-electron chi connectivity index (χ2n) is 3.45. The molecule has 0 aromatic heterocycles. The molecule has 13 heavy (non-hydrogen) atoms. The summed E-state index contributed by atoms with van der Waals surface area (Å²) in [7, 11) is 0. The number of carbonyl (C=O) groups excluding carboxylic acids is 1. The van der Waals surface area contributed by atoms with Crippen LogP contribution in [0.2, 0.25) is 0 Å². The predicted molar refractivity (Wildman–Crippen MR) is 49.7 cm³/mol. The normalized spacial score (nSPS) is 18.5. The minimum absolute atomic E-state index is 0.0666. The maximum atomic E-state index is 10.6. The van der Waals surface area contributed by atoms with Gasteiger partial charge in [-0.15, -0.1) is 0 Å². The quantitative estimate of drug-likeness (QED) is 0.522. The lowest BCUT2D eigenvalue weighted by molar-refractivity contribution is -0.908. The monoisotopic (exact) mass is 187 g/mol. The van der Waals surface area contributed by atoms with Crippen LogP contribution < -0.4 is 10.2 Å². The van der Waals surface area contributed by atoms with Crippen molar-refractivity contribution >= 4 is 5.91 Å². The molecule has 0 radical (unpaired) electrons. The van der Waals surface area contributed by atoms with E-state index in [2.05, 4.69) is 5.32 Å². The Hall–Kier alpha value is -0.610. The van der Waals surface area contributed by atoms with Gasteiger partial charge in [0.1, 0.15) is 13.1 Å². The van der Waals surface area contributed by atoms with Gasteiger partial charge in [-0.25, -0.2) is 0 Å². The molecule has 2 N–H and O–H groups in total. The van der Waals surface area contributed by atoms with Crippen LogP contribution >= 0.6 is 0 Å². The van der Waals surface area contributed by atoms with E-state index in [0.29, 0.717) is 0 Å². The number of rotatable bonds is 4. The molecule has 4 nitrogen and oxygen atoms in total. The smallest absolute Gasteiger partial charge is 0.216 e. The van der Waals surface area contributed by atoms with Crippen molar-refractivity contribution < 1.29 is 14.4 Å². The SMILES string of the molecule is CC(=O)NCCC[NH+]1CCOCC1. The molecule has 0 spiro atoms. The second kappa shape index (κ2) is 5.94. The number of hydrogen-bond acceptors (Lipinski definition) is 2. The second-order valence-corrected chi connectivity index (χ2v) is 3.45. The lowest BCUT2D eigenvalue weighted by atomic mass is 10.3. The first-order chi connectivity index (χ1) is 6.29. The van der Waals surface area contributed by atoms with E-state index in [0.717, 1.165) is 45.8 Å². The molecular formula is C9H19N2O2+. The topological polar surface area (TPSA) is 42.8 Å². The molecule has 0 atom stereocenters. The summed E-state index contributed by atoms with van der Waals surface area (Å²) >= 11 is 0. The Kier molecular flexibility index (Phi) is 4.78. The zero-order valence-electron chi connectivity index (χ0n) is 8.27. The summed E-state index contributed by atoms with van der Waals surface area (Å²) in [5.41, 5.74) is 0. The van der Waals surface area contributed by atoms with Crippen LogP contribution in [-0.4, -0.2) is 45.3 Å². The zero-order chi connectivity index (χ0) is 9.52. The first-order valence-electron chi connectivity index (χ1n) is 4.95. The Morgan fingerprint density at radius 3 is 2.77 bits per heavy atom. The van der Waals surface area contributed by atoms with Crippen molar-refractivity contribution in [1.82, 2.24) is 5.32 Å². The highest BCUT2D eigenvalue weighted by atomic mass is 16.5. The fraction of sp³-hybridized carbons (Fsp3) is 0.889. The van der Waals surface area contributed by atoms with E-state index < -0.39 is 0 Å². The van der Waals surface area contributed by atoms with Crippen LogP contribution in [0.15, 0.2) is 0 Å². The lowest BCUT2D eigenvalue weighted by Gasteiger charge is -2.23. The minimum atomic E-state index is 0.0666. The molecule has 1 aliphatic heterocycles. The third kappa shape index (κ3) is 4.85. The Bertz CT molecular complexity index is 156. The Morgan fingerprint density at radius 2 is 2.15 bits per heavy atom. The number of morpholine rings is 1. The van der Waals surface area contributed by atoms with Crippen LogP contribution in [0.4, 0.5) is 0 Å². The molecule has 1 aliphatic rings. The Labute approximate surface area is 79.2 Å². The molecule has 0 bridgehead atoms. The summed E-state index contributed by atoms with van der Waals surface area (Å²) in [4.78, 5) is 12.2. The van der Waals surface area contributed by atoms with E-state index >= 15 is 0 Å². The molecule has 0 aromatic rings. The van der Waals surface area contributed by atoms with Crippen LogP contribution in [0.3, 0.4) is 0 Å². The number of ether oxygens (including phenoxy) is 1. The molecular weight excluding hydrogens is 168 g/mol. The molecule has 0 unspecified atom stereocenters. The summed E-state index contributed by atoms with van der Waals surface area (Å²) in [6.07, 6.45) is 1.06. The van der Waals surface area contributed by atoms with Gasteiger partial charge in [0.05, 0.1) is 19.8 Å². The van der Waals surface area contributed by atoms with Crippen LogP contribution in [0.5, 0.6) is 0 Å². The van der Waals surface area contributed by atoms with Gasteiger partial charge in [0.25, 0.3) is 0 Å². The molecule has 1 fully saturated rings. The fourth-order valence-corrected chi connectivity index (χ4v) is 1.51. The van der Waals surface area contributed by atoms with Crippen LogP contribution in [-0.2, 0) is 9.53 Å². The molecule has 0 aromatic carbocycles. The number of carbonyl (C=O) groups is 1. The van der Waals surface area contributed by atoms with Crippen molar-refractivity contribution in [2.45, 2.75) is 13.3 Å². The number of quaternary nitrogens is 1. The van der Waals surface area contributed by atoms with E-state index in [9.17, 15) is 4.79 Å². The van der Waals surface area contributed by atoms with Gasteiger partial charge in [0.2, 0.25) is 5.91 Å². The Balaban J connectivity index is 1.95. The van der Waals surface area contributed by atoms with Gasteiger partial charge in [-0.05, 0) is 0 Å². The largest absolute Gasteiger partial charge is 0.370 e.